The largest absolute Gasteiger partial charge is 0.396 e. The summed E-state index contributed by atoms with van der Waals surface area (Å²) in [6.07, 6.45) is -1.39. The first-order valence-corrected chi connectivity index (χ1v) is 5.19. The standard InChI is InChI=1S/C12H13F2N3/c1-7-3-8(2)5-9(4-7)17-11(12(13)14)10(15)6-16-17/h3-6,12H,15H2,1-2H3. The van der Waals surface area contributed by atoms with Crippen LogP contribution in [0.5, 0.6) is 0 Å². The fourth-order valence-corrected chi connectivity index (χ4v) is 1.87. The zero-order valence-corrected chi connectivity index (χ0v) is 9.61. The van der Waals surface area contributed by atoms with Crippen molar-refractivity contribution in [3.05, 3.63) is 41.2 Å². The highest BCUT2D eigenvalue weighted by molar-refractivity contribution is 5.48. The number of aromatic nitrogens is 2. The Labute approximate surface area is 97.9 Å². The van der Waals surface area contributed by atoms with Crippen molar-refractivity contribution in [3.8, 4) is 5.69 Å². The van der Waals surface area contributed by atoms with E-state index in [-0.39, 0.29) is 11.4 Å². The summed E-state index contributed by atoms with van der Waals surface area (Å²) in [6.45, 7) is 3.82. The highest BCUT2D eigenvalue weighted by atomic mass is 19.3. The molecule has 0 saturated heterocycles. The summed E-state index contributed by atoms with van der Waals surface area (Å²) in [6, 6.07) is 5.56. The quantitative estimate of drug-likeness (QED) is 0.872. The third-order valence-corrected chi connectivity index (χ3v) is 2.49. The Morgan fingerprint density at radius 1 is 1.18 bits per heavy atom. The predicted molar refractivity (Wildman–Crippen MR) is 62.4 cm³/mol. The van der Waals surface area contributed by atoms with Gasteiger partial charge in [-0.1, -0.05) is 6.07 Å². The Morgan fingerprint density at radius 2 is 1.76 bits per heavy atom. The number of alkyl halides is 2. The maximum absolute atomic E-state index is 12.9. The molecule has 0 atom stereocenters. The number of nitrogens with two attached hydrogens (primary N) is 1. The molecule has 0 aliphatic carbocycles. The Hall–Kier alpha value is -1.91. The number of nitrogen functional groups attached to an aromatic ring is 1. The number of rotatable bonds is 2. The molecule has 2 rings (SSSR count). The second kappa shape index (κ2) is 4.16. The van der Waals surface area contributed by atoms with Crippen molar-refractivity contribution in [1.82, 2.24) is 9.78 Å². The van der Waals surface area contributed by atoms with E-state index in [9.17, 15) is 8.78 Å². The van der Waals surface area contributed by atoms with Gasteiger partial charge in [-0.15, -0.1) is 0 Å². The number of aryl methyl sites for hydroxylation is 2. The van der Waals surface area contributed by atoms with Gasteiger partial charge in [-0.3, -0.25) is 0 Å². The van der Waals surface area contributed by atoms with Crippen molar-refractivity contribution in [2.24, 2.45) is 0 Å². The van der Waals surface area contributed by atoms with E-state index in [1.54, 1.807) is 12.1 Å². The van der Waals surface area contributed by atoms with Gasteiger partial charge in [0, 0.05) is 0 Å². The molecule has 0 bridgehead atoms. The molecule has 0 unspecified atom stereocenters. The molecule has 5 heteroatoms. The van der Waals surface area contributed by atoms with Crippen LogP contribution in [0.3, 0.4) is 0 Å². The molecule has 0 aliphatic heterocycles. The van der Waals surface area contributed by atoms with Gasteiger partial charge in [-0.05, 0) is 37.1 Å². The van der Waals surface area contributed by atoms with Crippen LogP contribution in [0.2, 0.25) is 0 Å². The highest BCUT2D eigenvalue weighted by Crippen LogP contribution is 2.27. The molecule has 2 aromatic rings. The minimum Gasteiger partial charge on any atom is -0.396 e. The van der Waals surface area contributed by atoms with E-state index < -0.39 is 6.43 Å². The number of hydrogen-bond donors (Lipinski definition) is 1. The third kappa shape index (κ3) is 2.13. The van der Waals surface area contributed by atoms with Crippen LogP contribution >= 0.6 is 0 Å². The molecule has 17 heavy (non-hydrogen) atoms. The van der Waals surface area contributed by atoms with Gasteiger partial charge >= 0.3 is 0 Å². The Kier molecular flexibility index (Phi) is 2.83. The minimum atomic E-state index is -2.64. The summed E-state index contributed by atoms with van der Waals surface area (Å²) in [5.41, 5.74) is 7.85. The molecule has 1 heterocycles. The third-order valence-electron chi connectivity index (χ3n) is 2.49. The van der Waals surface area contributed by atoms with Gasteiger partial charge in [-0.2, -0.15) is 5.10 Å². The fraction of sp³-hybridized carbons (Fsp3) is 0.250. The molecular formula is C12H13F2N3. The number of hydrogen-bond acceptors (Lipinski definition) is 2. The van der Waals surface area contributed by atoms with Gasteiger partial charge in [0.15, 0.2) is 0 Å². The van der Waals surface area contributed by atoms with Gasteiger partial charge in [0.2, 0.25) is 0 Å². The zero-order chi connectivity index (χ0) is 12.6. The maximum Gasteiger partial charge on any atom is 0.282 e. The summed E-state index contributed by atoms with van der Waals surface area (Å²) in [5, 5.41) is 3.90. The molecule has 0 fully saturated rings. The number of nitrogens with zero attached hydrogens (tertiary/aromatic N) is 2. The highest BCUT2D eigenvalue weighted by Gasteiger charge is 2.19. The summed E-state index contributed by atoms with van der Waals surface area (Å²) in [7, 11) is 0. The van der Waals surface area contributed by atoms with Crippen molar-refractivity contribution in [3.63, 3.8) is 0 Å². The zero-order valence-electron chi connectivity index (χ0n) is 9.61. The average Bonchev–Trinajstić information content (AvgIpc) is 2.58. The van der Waals surface area contributed by atoms with Crippen LogP contribution in [0.1, 0.15) is 23.2 Å². The molecule has 0 amide bonds. The maximum atomic E-state index is 12.9. The Bertz CT molecular complexity index is 526. The van der Waals surface area contributed by atoms with Crippen LogP contribution in [0, 0.1) is 13.8 Å². The Balaban J connectivity index is 2.60. The monoisotopic (exact) mass is 237 g/mol. The predicted octanol–water partition coefficient (Wildman–Crippen LogP) is 3.01. The van der Waals surface area contributed by atoms with Gasteiger partial charge in [-0.25, -0.2) is 13.5 Å². The van der Waals surface area contributed by atoms with E-state index in [0.717, 1.165) is 11.1 Å². The number of halogens is 2. The molecule has 1 aromatic heterocycles. The topological polar surface area (TPSA) is 43.8 Å². The minimum absolute atomic E-state index is 0.0131. The van der Waals surface area contributed by atoms with Crippen LogP contribution in [0.15, 0.2) is 24.4 Å². The van der Waals surface area contributed by atoms with Crippen molar-refractivity contribution >= 4 is 5.69 Å². The van der Waals surface area contributed by atoms with Crippen LogP contribution in [-0.2, 0) is 0 Å². The van der Waals surface area contributed by atoms with Crippen molar-refractivity contribution < 1.29 is 8.78 Å². The van der Waals surface area contributed by atoms with E-state index in [2.05, 4.69) is 5.10 Å². The average molecular weight is 237 g/mol. The molecule has 1 aromatic carbocycles. The molecule has 2 N–H and O–H groups in total. The molecule has 0 radical (unpaired) electrons. The first kappa shape index (κ1) is 11.6. The van der Waals surface area contributed by atoms with E-state index in [0.29, 0.717) is 5.69 Å². The van der Waals surface area contributed by atoms with Crippen molar-refractivity contribution in [1.29, 1.82) is 0 Å². The Morgan fingerprint density at radius 3 is 2.29 bits per heavy atom. The molecule has 3 nitrogen and oxygen atoms in total. The van der Waals surface area contributed by atoms with Gasteiger partial charge in [0.25, 0.3) is 6.43 Å². The van der Waals surface area contributed by atoms with Gasteiger partial charge in [0.05, 0.1) is 17.6 Å². The van der Waals surface area contributed by atoms with E-state index in [4.69, 9.17) is 5.73 Å². The SMILES string of the molecule is Cc1cc(C)cc(-n2ncc(N)c2C(F)F)c1. The van der Waals surface area contributed by atoms with Gasteiger partial charge < -0.3 is 5.73 Å². The lowest BCUT2D eigenvalue weighted by Crippen LogP contribution is -2.05. The molecule has 0 saturated carbocycles. The van der Waals surface area contributed by atoms with Crippen molar-refractivity contribution in [2.75, 3.05) is 5.73 Å². The summed E-state index contributed by atoms with van der Waals surface area (Å²) in [5.74, 6) is 0. The van der Waals surface area contributed by atoms with E-state index in [1.165, 1.54) is 10.9 Å². The first-order valence-electron chi connectivity index (χ1n) is 5.19. The van der Waals surface area contributed by atoms with E-state index in [1.807, 2.05) is 19.9 Å². The number of anilines is 1. The van der Waals surface area contributed by atoms with Crippen molar-refractivity contribution in [2.45, 2.75) is 20.3 Å². The summed E-state index contributed by atoms with van der Waals surface area (Å²) >= 11 is 0. The first-order chi connectivity index (χ1) is 7.99. The number of benzene rings is 1. The smallest absolute Gasteiger partial charge is 0.282 e. The lowest BCUT2D eigenvalue weighted by molar-refractivity contribution is 0.143. The van der Waals surface area contributed by atoms with Crippen LogP contribution in [0.25, 0.3) is 5.69 Å². The van der Waals surface area contributed by atoms with Crippen LogP contribution in [-0.4, -0.2) is 9.78 Å². The molecule has 0 spiro atoms. The molecule has 90 valence electrons. The molecular weight excluding hydrogens is 224 g/mol. The fourth-order valence-electron chi connectivity index (χ4n) is 1.87. The second-order valence-electron chi connectivity index (χ2n) is 4.04. The van der Waals surface area contributed by atoms with Gasteiger partial charge in [0.1, 0.15) is 5.69 Å². The van der Waals surface area contributed by atoms with E-state index >= 15 is 0 Å². The van der Waals surface area contributed by atoms with Crippen LogP contribution < -0.4 is 5.73 Å². The normalized spacial score (nSPS) is 11.1. The molecule has 0 aliphatic rings. The second-order valence-corrected chi connectivity index (χ2v) is 4.04. The van der Waals surface area contributed by atoms with Crippen LogP contribution in [0.4, 0.5) is 14.5 Å². The summed E-state index contributed by atoms with van der Waals surface area (Å²) < 4.78 is 26.9. The summed E-state index contributed by atoms with van der Waals surface area (Å²) in [4.78, 5) is 0. The lowest BCUT2D eigenvalue weighted by atomic mass is 10.1. The lowest BCUT2D eigenvalue weighted by Gasteiger charge is -2.09.